The smallest absolute Gasteiger partial charge is 0.0589 e. The zero-order valence-electron chi connectivity index (χ0n) is 10.8. The van der Waals surface area contributed by atoms with Crippen LogP contribution in [0.1, 0.15) is 39.8 Å². The second-order valence-electron chi connectivity index (χ2n) is 5.68. The van der Waals surface area contributed by atoms with Crippen molar-refractivity contribution in [2.45, 2.75) is 32.2 Å². The molecule has 1 N–H and O–H groups in total. The standard InChI is InChI=1S/C17H17N/c1-10-7-11(2)16-14(8-10)15-9-12-5-3-4-6-13(12)17(15)18-16/h3-8,15,17-18H,9H2,1-2H3. The van der Waals surface area contributed by atoms with Crippen LogP contribution in [0.2, 0.25) is 0 Å². The van der Waals surface area contributed by atoms with Crippen molar-refractivity contribution in [1.29, 1.82) is 0 Å². The van der Waals surface area contributed by atoms with Gasteiger partial charge in [0.2, 0.25) is 0 Å². The molecular formula is C17H17N. The molecule has 0 saturated carbocycles. The Bertz CT molecular complexity index is 642. The fourth-order valence-electron chi connectivity index (χ4n) is 3.71. The van der Waals surface area contributed by atoms with E-state index in [0.29, 0.717) is 12.0 Å². The van der Waals surface area contributed by atoms with Gasteiger partial charge in [-0.1, -0.05) is 42.0 Å². The zero-order chi connectivity index (χ0) is 12.3. The minimum atomic E-state index is 0.497. The molecule has 2 atom stereocenters. The minimum absolute atomic E-state index is 0.497. The Morgan fingerprint density at radius 1 is 1.06 bits per heavy atom. The molecule has 2 aliphatic rings. The maximum atomic E-state index is 3.75. The number of fused-ring (bicyclic) bond motifs is 5. The molecule has 0 aromatic heterocycles. The van der Waals surface area contributed by atoms with Crippen LogP contribution in [0.25, 0.3) is 0 Å². The highest BCUT2D eigenvalue weighted by Crippen LogP contribution is 2.52. The highest BCUT2D eigenvalue weighted by atomic mass is 15.0. The molecule has 1 nitrogen and oxygen atoms in total. The quantitative estimate of drug-likeness (QED) is 0.724. The summed E-state index contributed by atoms with van der Waals surface area (Å²) in [5, 5.41) is 3.75. The molecule has 1 heterocycles. The Balaban J connectivity index is 1.87. The number of benzene rings is 2. The summed E-state index contributed by atoms with van der Waals surface area (Å²) in [4.78, 5) is 0. The molecule has 1 heteroatoms. The minimum Gasteiger partial charge on any atom is -0.377 e. The van der Waals surface area contributed by atoms with E-state index >= 15 is 0 Å². The highest BCUT2D eigenvalue weighted by molar-refractivity contribution is 5.68. The van der Waals surface area contributed by atoms with Gasteiger partial charge >= 0.3 is 0 Å². The normalized spacial score (nSPS) is 23.2. The van der Waals surface area contributed by atoms with E-state index in [4.69, 9.17) is 0 Å². The first-order chi connectivity index (χ1) is 8.74. The van der Waals surface area contributed by atoms with Crippen LogP contribution in [0.3, 0.4) is 0 Å². The van der Waals surface area contributed by atoms with Gasteiger partial charge in [-0.3, -0.25) is 0 Å². The van der Waals surface area contributed by atoms with Gasteiger partial charge in [0.25, 0.3) is 0 Å². The van der Waals surface area contributed by atoms with Gasteiger partial charge in [-0.2, -0.15) is 0 Å². The molecule has 0 radical (unpaired) electrons. The van der Waals surface area contributed by atoms with Gasteiger partial charge in [0.05, 0.1) is 6.04 Å². The Labute approximate surface area is 108 Å². The number of aryl methyl sites for hydroxylation is 2. The molecule has 18 heavy (non-hydrogen) atoms. The summed E-state index contributed by atoms with van der Waals surface area (Å²) in [6.45, 7) is 4.41. The second-order valence-corrected chi connectivity index (χ2v) is 5.68. The summed E-state index contributed by atoms with van der Waals surface area (Å²) >= 11 is 0. The zero-order valence-corrected chi connectivity index (χ0v) is 10.8. The summed E-state index contributed by atoms with van der Waals surface area (Å²) in [7, 11) is 0. The lowest BCUT2D eigenvalue weighted by Crippen LogP contribution is -2.05. The van der Waals surface area contributed by atoms with Crippen LogP contribution in [-0.2, 0) is 6.42 Å². The fourth-order valence-corrected chi connectivity index (χ4v) is 3.71. The van der Waals surface area contributed by atoms with Crippen molar-refractivity contribution in [2.24, 2.45) is 0 Å². The molecule has 90 valence electrons. The number of nitrogens with one attached hydrogen (secondary N) is 1. The van der Waals surface area contributed by atoms with Gasteiger partial charge in [0.15, 0.2) is 0 Å². The summed E-state index contributed by atoms with van der Waals surface area (Å²) < 4.78 is 0. The Kier molecular flexibility index (Phi) is 1.91. The van der Waals surface area contributed by atoms with E-state index in [-0.39, 0.29) is 0 Å². The Hall–Kier alpha value is -1.76. The average Bonchev–Trinajstić information content (AvgIpc) is 2.86. The lowest BCUT2D eigenvalue weighted by molar-refractivity contribution is 0.677. The molecule has 0 bridgehead atoms. The lowest BCUT2D eigenvalue weighted by Gasteiger charge is -2.11. The van der Waals surface area contributed by atoms with E-state index in [0.717, 1.165) is 0 Å². The maximum absolute atomic E-state index is 3.75. The van der Waals surface area contributed by atoms with Crippen molar-refractivity contribution >= 4 is 5.69 Å². The first-order valence-electron chi connectivity index (χ1n) is 6.69. The number of rotatable bonds is 0. The lowest BCUT2D eigenvalue weighted by atomic mass is 9.93. The molecule has 0 spiro atoms. The molecule has 2 unspecified atom stereocenters. The molecule has 2 aromatic carbocycles. The van der Waals surface area contributed by atoms with E-state index in [1.807, 2.05) is 0 Å². The van der Waals surface area contributed by atoms with Crippen LogP contribution >= 0.6 is 0 Å². The Morgan fingerprint density at radius 3 is 2.78 bits per heavy atom. The van der Waals surface area contributed by atoms with Gasteiger partial charge in [-0.15, -0.1) is 0 Å². The van der Waals surface area contributed by atoms with Crippen LogP contribution in [0.15, 0.2) is 36.4 Å². The molecular weight excluding hydrogens is 218 g/mol. The van der Waals surface area contributed by atoms with Crippen LogP contribution < -0.4 is 5.32 Å². The SMILES string of the molecule is Cc1cc(C)c2c(c1)C1Cc3ccccc3C1N2. The third-order valence-electron chi connectivity index (χ3n) is 4.44. The average molecular weight is 235 g/mol. The first-order valence-corrected chi connectivity index (χ1v) is 6.69. The maximum Gasteiger partial charge on any atom is 0.0589 e. The van der Waals surface area contributed by atoms with Crippen LogP contribution in [0.4, 0.5) is 5.69 Å². The third kappa shape index (κ3) is 1.22. The van der Waals surface area contributed by atoms with Crippen LogP contribution in [-0.4, -0.2) is 0 Å². The number of hydrogen-bond acceptors (Lipinski definition) is 1. The third-order valence-corrected chi connectivity index (χ3v) is 4.44. The number of hydrogen-bond donors (Lipinski definition) is 1. The van der Waals surface area contributed by atoms with Gasteiger partial charge in [0, 0.05) is 11.6 Å². The molecule has 0 saturated heterocycles. The monoisotopic (exact) mass is 235 g/mol. The van der Waals surface area contributed by atoms with E-state index in [1.54, 1.807) is 0 Å². The molecule has 2 aromatic rings. The summed E-state index contributed by atoms with van der Waals surface area (Å²) in [6, 6.07) is 14.0. The van der Waals surface area contributed by atoms with Gasteiger partial charge < -0.3 is 5.32 Å². The van der Waals surface area contributed by atoms with E-state index in [2.05, 4.69) is 55.6 Å². The van der Waals surface area contributed by atoms with Gasteiger partial charge in [-0.05, 0) is 42.5 Å². The second kappa shape index (κ2) is 3.38. The molecule has 1 aliphatic carbocycles. The van der Waals surface area contributed by atoms with E-state index in [1.165, 1.54) is 39.9 Å². The summed E-state index contributed by atoms with van der Waals surface area (Å²) in [5.74, 6) is 0.635. The van der Waals surface area contributed by atoms with Gasteiger partial charge in [0.1, 0.15) is 0 Å². The van der Waals surface area contributed by atoms with Crippen molar-refractivity contribution in [3.8, 4) is 0 Å². The predicted octanol–water partition coefficient (Wildman–Crippen LogP) is 4.11. The van der Waals surface area contributed by atoms with Crippen molar-refractivity contribution in [2.75, 3.05) is 5.32 Å². The van der Waals surface area contributed by atoms with Crippen molar-refractivity contribution in [1.82, 2.24) is 0 Å². The van der Waals surface area contributed by atoms with Crippen molar-refractivity contribution < 1.29 is 0 Å². The Morgan fingerprint density at radius 2 is 1.89 bits per heavy atom. The number of anilines is 1. The molecule has 0 fully saturated rings. The van der Waals surface area contributed by atoms with Gasteiger partial charge in [-0.25, -0.2) is 0 Å². The van der Waals surface area contributed by atoms with Crippen LogP contribution in [0.5, 0.6) is 0 Å². The van der Waals surface area contributed by atoms with Crippen LogP contribution in [0, 0.1) is 13.8 Å². The molecule has 1 aliphatic heterocycles. The summed E-state index contributed by atoms with van der Waals surface area (Å²) in [5.41, 5.74) is 8.68. The topological polar surface area (TPSA) is 12.0 Å². The van der Waals surface area contributed by atoms with Crippen molar-refractivity contribution in [3.05, 3.63) is 64.2 Å². The largest absolute Gasteiger partial charge is 0.377 e. The van der Waals surface area contributed by atoms with E-state index in [9.17, 15) is 0 Å². The van der Waals surface area contributed by atoms with E-state index < -0.39 is 0 Å². The molecule has 4 rings (SSSR count). The highest BCUT2D eigenvalue weighted by Gasteiger charge is 2.39. The van der Waals surface area contributed by atoms with Crippen molar-refractivity contribution in [3.63, 3.8) is 0 Å². The fraction of sp³-hybridized carbons (Fsp3) is 0.294. The molecule has 0 amide bonds. The first kappa shape index (κ1) is 10.2. The predicted molar refractivity (Wildman–Crippen MR) is 75.2 cm³/mol. The summed E-state index contributed by atoms with van der Waals surface area (Å²) in [6.07, 6.45) is 1.18.